The van der Waals surface area contributed by atoms with Crippen LogP contribution in [0.3, 0.4) is 0 Å². The van der Waals surface area contributed by atoms with Gasteiger partial charge in [0.15, 0.2) is 23.3 Å². The molecule has 0 saturated carbocycles. The SMILES string of the molecule is CC1(C)c2ccccc2-c2c1ccc1c2c2ccccc2n1-c1ccc(-c2nc(-c3ccccc3)c3ccccc3n2)cc1-c1nc(-c2ccccc2)nc(-c2ccccc2)n1. The predicted molar refractivity (Wildman–Crippen MR) is 252 cm³/mol. The van der Waals surface area contributed by atoms with Crippen LogP contribution in [0.25, 0.3) is 106 Å². The zero-order valence-corrected chi connectivity index (χ0v) is 34.2. The lowest BCUT2D eigenvalue weighted by Crippen LogP contribution is -2.14. The van der Waals surface area contributed by atoms with E-state index in [1.54, 1.807) is 0 Å². The normalized spacial score (nSPS) is 12.8. The number of hydrogen-bond acceptors (Lipinski definition) is 5. The van der Waals surface area contributed by atoms with Crippen LogP contribution in [0.2, 0.25) is 0 Å². The number of benzene rings is 8. The van der Waals surface area contributed by atoms with Gasteiger partial charge in [-0.2, -0.15) is 0 Å². The maximum atomic E-state index is 5.31. The van der Waals surface area contributed by atoms with Crippen molar-refractivity contribution >= 4 is 32.7 Å². The molecule has 0 N–H and O–H groups in total. The summed E-state index contributed by atoms with van der Waals surface area (Å²) in [6.45, 7) is 4.68. The first-order chi connectivity index (χ1) is 30.5. The second-order valence-corrected chi connectivity index (χ2v) is 16.5. The van der Waals surface area contributed by atoms with Gasteiger partial charge < -0.3 is 4.57 Å². The average Bonchev–Trinajstić information content (AvgIpc) is 3.79. The Labute approximate surface area is 358 Å². The van der Waals surface area contributed by atoms with Crippen molar-refractivity contribution < 1.29 is 0 Å². The van der Waals surface area contributed by atoms with E-state index in [2.05, 4.69) is 134 Å². The zero-order valence-electron chi connectivity index (χ0n) is 34.2. The Morgan fingerprint density at radius 2 is 0.968 bits per heavy atom. The summed E-state index contributed by atoms with van der Waals surface area (Å²) >= 11 is 0. The molecule has 0 saturated heterocycles. The van der Waals surface area contributed by atoms with E-state index < -0.39 is 0 Å². The molecule has 8 aromatic carbocycles. The first-order valence-corrected chi connectivity index (χ1v) is 21.0. The molecular weight excluding hydrogens is 757 g/mol. The van der Waals surface area contributed by atoms with E-state index in [9.17, 15) is 0 Å². The number of fused-ring (bicyclic) bond motifs is 8. The summed E-state index contributed by atoms with van der Waals surface area (Å²) in [5, 5.41) is 3.43. The van der Waals surface area contributed by atoms with Crippen molar-refractivity contribution in [2.45, 2.75) is 19.3 Å². The van der Waals surface area contributed by atoms with Crippen LogP contribution in [0.15, 0.2) is 194 Å². The summed E-state index contributed by atoms with van der Waals surface area (Å²) in [7, 11) is 0. The highest BCUT2D eigenvalue weighted by atomic mass is 15.1. The quantitative estimate of drug-likeness (QED) is 0.168. The van der Waals surface area contributed by atoms with Crippen LogP contribution in [-0.4, -0.2) is 29.5 Å². The number of para-hydroxylation sites is 2. The molecule has 6 heteroatoms. The van der Waals surface area contributed by atoms with Crippen LogP contribution in [0, 0.1) is 0 Å². The van der Waals surface area contributed by atoms with Crippen LogP contribution in [0.5, 0.6) is 0 Å². The van der Waals surface area contributed by atoms with Crippen LogP contribution >= 0.6 is 0 Å². The lowest BCUT2D eigenvalue weighted by atomic mass is 9.82. The first-order valence-electron chi connectivity index (χ1n) is 21.0. The number of rotatable bonds is 6. The lowest BCUT2D eigenvalue weighted by molar-refractivity contribution is 0.661. The molecule has 0 unspecified atom stereocenters. The number of hydrogen-bond donors (Lipinski definition) is 0. The highest BCUT2D eigenvalue weighted by Crippen LogP contribution is 2.53. The van der Waals surface area contributed by atoms with Gasteiger partial charge in [0.2, 0.25) is 0 Å². The van der Waals surface area contributed by atoms with E-state index in [1.807, 2.05) is 78.9 Å². The third-order valence-corrected chi connectivity index (χ3v) is 12.5. The molecule has 12 rings (SSSR count). The fourth-order valence-corrected chi connectivity index (χ4v) is 9.51. The second kappa shape index (κ2) is 14.0. The largest absolute Gasteiger partial charge is 0.308 e. The van der Waals surface area contributed by atoms with Crippen molar-refractivity contribution in [3.05, 3.63) is 205 Å². The van der Waals surface area contributed by atoms with Gasteiger partial charge in [0.1, 0.15) is 0 Å². The van der Waals surface area contributed by atoms with E-state index in [1.165, 1.54) is 33.0 Å². The number of aromatic nitrogens is 6. The van der Waals surface area contributed by atoms with Crippen molar-refractivity contribution in [3.63, 3.8) is 0 Å². The first kappa shape index (κ1) is 35.8. The highest BCUT2D eigenvalue weighted by molar-refractivity contribution is 6.18. The van der Waals surface area contributed by atoms with Crippen molar-refractivity contribution in [1.82, 2.24) is 29.5 Å². The summed E-state index contributed by atoms with van der Waals surface area (Å²) in [6.07, 6.45) is 0. The smallest absolute Gasteiger partial charge is 0.166 e. The highest BCUT2D eigenvalue weighted by Gasteiger charge is 2.37. The van der Waals surface area contributed by atoms with Crippen LogP contribution < -0.4 is 0 Å². The van der Waals surface area contributed by atoms with Gasteiger partial charge in [0.05, 0.1) is 27.9 Å². The lowest BCUT2D eigenvalue weighted by Gasteiger charge is -2.21. The molecule has 1 aliphatic rings. The van der Waals surface area contributed by atoms with Gasteiger partial charge in [-0.05, 0) is 58.7 Å². The fourth-order valence-electron chi connectivity index (χ4n) is 9.51. The molecule has 292 valence electrons. The molecule has 0 aliphatic heterocycles. The molecule has 0 bridgehead atoms. The molecular formula is C56H38N6. The Balaban J connectivity index is 1.17. The number of nitrogens with zero attached hydrogens (tertiary/aromatic N) is 6. The molecule has 0 amide bonds. The molecule has 11 aromatic rings. The summed E-state index contributed by atoms with van der Waals surface area (Å²) in [6, 6.07) is 67.6. The predicted octanol–water partition coefficient (Wildman–Crippen LogP) is 13.6. The minimum atomic E-state index is -0.138. The summed E-state index contributed by atoms with van der Waals surface area (Å²) < 4.78 is 2.39. The minimum Gasteiger partial charge on any atom is -0.308 e. The maximum absolute atomic E-state index is 5.31. The standard InChI is InChI=1S/C56H38N6/c1-56(2)43-27-15-12-24-39(43)49-44(56)31-33-48-50(49)41-26-14-17-29-46(41)62(48)47-32-30-38(54-57-45-28-16-13-25-40(45)51(58-54)35-18-6-3-7-19-35)34-42(47)55-60-52(36-20-8-4-9-21-36)59-53(61-55)37-22-10-5-11-23-37/h3-34H,1-2H3. The van der Waals surface area contributed by atoms with E-state index >= 15 is 0 Å². The van der Waals surface area contributed by atoms with Crippen molar-refractivity contribution in [2.24, 2.45) is 0 Å². The Hall–Kier alpha value is -8.09. The molecule has 0 fully saturated rings. The zero-order chi connectivity index (χ0) is 41.4. The van der Waals surface area contributed by atoms with Gasteiger partial charge in [0.25, 0.3) is 0 Å². The topological polar surface area (TPSA) is 69.4 Å². The van der Waals surface area contributed by atoms with Crippen molar-refractivity contribution in [3.8, 4) is 73.6 Å². The van der Waals surface area contributed by atoms with E-state index in [0.717, 1.165) is 61.1 Å². The van der Waals surface area contributed by atoms with Gasteiger partial charge in [-0.25, -0.2) is 24.9 Å². The summed E-state index contributed by atoms with van der Waals surface area (Å²) in [5.41, 5.74) is 14.6. The Bertz CT molecular complexity index is 3480. The maximum Gasteiger partial charge on any atom is 0.166 e. The minimum absolute atomic E-state index is 0.138. The Morgan fingerprint density at radius 1 is 0.387 bits per heavy atom. The summed E-state index contributed by atoms with van der Waals surface area (Å²) in [4.78, 5) is 26.2. The van der Waals surface area contributed by atoms with Crippen molar-refractivity contribution in [2.75, 3.05) is 0 Å². The van der Waals surface area contributed by atoms with Gasteiger partial charge >= 0.3 is 0 Å². The molecule has 3 aromatic heterocycles. The molecule has 0 spiro atoms. The second-order valence-electron chi connectivity index (χ2n) is 16.5. The molecule has 0 radical (unpaired) electrons. The van der Waals surface area contributed by atoms with Crippen LogP contribution in [-0.2, 0) is 5.41 Å². The van der Waals surface area contributed by atoms with E-state index in [4.69, 9.17) is 24.9 Å². The van der Waals surface area contributed by atoms with Gasteiger partial charge in [0, 0.05) is 49.4 Å². The molecule has 62 heavy (non-hydrogen) atoms. The monoisotopic (exact) mass is 794 g/mol. The molecule has 0 atom stereocenters. The van der Waals surface area contributed by atoms with Gasteiger partial charge in [-0.1, -0.05) is 172 Å². The fraction of sp³-hybridized carbons (Fsp3) is 0.0536. The van der Waals surface area contributed by atoms with Crippen LogP contribution in [0.1, 0.15) is 25.0 Å². The third-order valence-electron chi connectivity index (χ3n) is 12.5. The molecule has 3 heterocycles. The van der Waals surface area contributed by atoms with E-state index in [0.29, 0.717) is 23.3 Å². The summed E-state index contributed by atoms with van der Waals surface area (Å²) in [5.74, 6) is 2.36. The van der Waals surface area contributed by atoms with Crippen LogP contribution in [0.4, 0.5) is 0 Å². The molecule has 6 nitrogen and oxygen atoms in total. The van der Waals surface area contributed by atoms with Gasteiger partial charge in [-0.15, -0.1) is 0 Å². The third kappa shape index (κ3) is 5.61. The molecule has 1 aliphatic carbocycles. The van der Waals surface area contributed by atoms with E-state index in [-0.39, 0.29) is 5.41 Å². The van der Waals surface area contributed by atoms with Crippen molar-refractivity contribution in [1.29, 1.82) is 0 Å². The Morgan fingerprint density at radius 3 is 1.69 bits per heavy atom. The van der Waals surface area contributed by atoms with Gasteiger partial charge in [-0.3, -0.25) is 0 Å². The Kier molecular flexibility index (Phi) is 8.09. The average molecular weight is 795 g/mol.